The second kappa shape index (κ2) is 6.06. The Morgan fingerprint density at radius 2 is 1.23 bits per heavy atom. The molecular formula is C9H11F9O3S. The zero-order valence-electron chi connectivity index (χ0n) is 11.0. The molecule has 0 amide bonds. The molecular weight excluding hydrogens is 359 g/mol. The summed E-state index contributed by atoms with van der Waals surface area (Å²) in [5, 5.41) is 0. The molecule has 0 rings (SSSR count). The third-order valence-corrected chi connectivity index (χ3v) is 3.14. The van der Waals surface area contributed by atoms with Gasteiger partial charge in [-0.1, -0.05) is 0 Å². The Labute approximate surface area is 120 Å². The highest BCUT2D eigenvalue weighted by Gasteiger charge is 2.77. The summed E-state index contributed by atoms with van der Waals surface area (Å²) in [5.74, 6) is -29.0. The third-order valence-electron chi connectivity index (χ3n) is 2.42. The van der Waals surface area contributed by atoms with Crippen molar-refractivity contribution in [3.05, 3.63) is 0 Å². The molecule has 22 heavy (non-hydrogen) atoms. The van der Waals surface area contributed by atoms with Crippen molar-refractivity contribution >= 4 is 10.7 Å². The predicted molar refractivity (Wildman–Crippen MR) is 56.1 cm³/mol. The minimum atomic E-state index is -6.25. The van der Waals surface area contributed by atoms with Gasteiger partial charge in [0.25, 0.3) is 11.8 Å². The van der Waals surface area contributed by atoms with Crippen LogP contribution >= 0.6 is 0 Å². The molecule has 0 aromatic heterocycles. The van der Waals surface area contributed by atoms with E-state index < -0.39 is 66.5 Å². The fraction of sp³-hybridized carbons (Fsp3) is 1.00. The topological polar surface area (TPSA) is 43.4 Å². The van der Waals surface area contributed by atoms with Crippen molar-refractivity contribution < 1.29 is 52.7 Å². The highest BCUT2D eigenvalue weighted by Crippen LogP contribution is 2.52. The lowest BCUT2D eigenvalue weighted by molar-refractivity contribution is -0.386. The van der Waals surface area contributed by atoms with Gasteiger partial charge < -0.3 is 4.74 Å². The van der Waals surface area contributed by atoms with Gasteiger partial charge in [-0.2, -0.15) is 26.3 Å². The Kier molecular flexibility index (Phi) is 5.86. The number of hydrogen-bond donors (Lipinski definition) is 1. The molecule has 0 aliphatic carbocycles. The van der Waals surface area contributed by atoms with E-state index in [1.54, 1.807) is 0 Å². The summed E-state index contributed by atoms with van der Waals surface area (Å²) in [7, 11) is -3.71. The van der Waals surface area contributed by atoms with E-state index in [0.29, 0.717) is 0 Å². The van der Waals surface area contributed by atoms with Gasteiger partial charge in [-0.3, -0.25) is 0 Å². The highest BCUT2D eigenvalue weighted by atomic mass is 32.2. The zero-order chi connectivity index (χ0) is 18.2. The van der Waals surface area contributed by atoms with Crippen LogP contribution in [0.25, 0.3) is 0 Å². The molecule has 0 saturated heterocycles. The molecule has 0 spiro atoms. The summed E-state index contributed by atoms with van der Waals surface area (Å²) in [6.45, 7) is -3.39. The SMILES string of the molecule is CC(F)(F)C(F)(F)C(F)(F)C(C)(F)OCC(F)(F)C[SH](=O)=O. The molecule has 0 aliphatic heterocycles. The molecule has 13 heteroatoms. The molecule has 0 saturated carbocycles. The van der Waals surface area contributed by atoms with Crippen molar-refractivity contribution in [1.29, 1.82) is 0 Å². The average Bonchev–Trinajstić information content (AvgIpc) is 2.23. The minimum absolute atomic E-state index is 0.445. The minimum Gasteiger partial charge on any atom is -0.335 e. The summed E-state index contributed by atoms with van der Waals surface area (Å²) in [5.41, 5.74) is 0. The van der Waals surface area contributed by atoms with E-state index in [0.717, 1.165) is 0 Å². The molecule has 0 aliphatic rings. The Balaban J connectivity index is 5.31. The molecule has 0 N–H and O–H groups in total. The lowest BCUT2D eigenvalue weighted by atomic mass is 9.99. The first-order valence-corrected chi connectivity index (χ1v) is 6.69. The lowest BCUT2D eigenvalue weighted by Gasteiger charge is -2.38. The molecule has 1 atom stereocenters. The molecule has 0 heterocycles. The second-order valence-corrected chi connectivity index (χ2v) is 5.57. The van der Waals surface area contributed by atoms with Crippen LogP contribution in [0.2, 0.25) is 0 Å². The molecule has 0 radical (unpaired) electrons. The van der Waals surface area contributed by atoms with E-state index >= 15 is 0 Å². The monoisotopic (exact) mass is 370 g/mol. The molecule has 0 aromatic rings. The normalized spacial score (nSPS) is 17.6. The predicted octanol–water partition coefficient (Wildman–Crippen LogP) is 2.86. The average molecular weight is 370 g/mol. The van der Waals surface area contributed by atoms with Crippen LogP contribution in [0.3, 0.4) is 0 Å². The second-order valence-electron chi connectivity index (χ2n) is 4.59. The van der Waals surface area contributed by atoms with Crippen molar-refractivity contribution in [1.82, 2.24) is 0 Å². The standard InChI is InChI=1S/C9H11F9O3S/c1-5(10,11)8(15,16)9(17,18)6(2,12)21-3-7(13,14)4-22(19)20/h22H,3-4H2,1-2H3. The molecule has 3 nitrogen and oxygen atoms in total. The molecule has 1 unspecified atom stereocenters. The molecule has 0 fully saturated rings. The number of alkyl halides is 9. The van der Waals surface area contributed by atoms with Crippen molar-refractivity contribution in [3.63, 3.8) is 0 Å². The van der Waals surface area contributed by atoms with Crippen LogP contribution < -0.4 is 0 Å². The maximum absolute atomic E-state index is 13.5. The Hall–Kier alpha value is -0.720. The van der Waals surface area contributed by atoms with Crippen molar-refractivity contribution in [2.75, 3.05) is 12.4 Å². The maximum Gasteiger partial charge on any atom is 0.377 e. The zero-order valence-corrected chi connectivity index (χ0v) is 11.9. The van der Waals surface area contributed by atoms with E-state index in [-0.39, 0.29) is 0 Å². The highest BCUT2D eigenvalue weighted by molar-refractivity contribution is 7.72. The fourth-order valence-corrected chi connectivity index (χ4v) is 1.59. The Bertz CT molecular complexity index is 459. The summed E-state index contributed by atoms with van der Waals surface area (Å²) in [6.07, 6.45) is 0. The van der Waals surface area contributed by atoms with E-state index in [1.165, 1.54) is 0 Å². The first kappa shape index (κ1) is 21.3. The van der Waals surface area contributed by atoms with Gasteiger partial charge in [0.15, 0.2) is 0 Å². The van der Waals surface area contributed by atoms with Crippen molar-refractivity contribution in [2.45, 2.75) is 43.4 Å². The van der Waals surface area contributed by atoms with E-state index in [4.69, 9.17) is 0 Å². The number of thiol groups is 1. The van der Waals surface area contributed by atoms with Gasteiger partial charge in [0.05, 0.1) is 0 Å². The van der Waals surface area contributed by atoms with E-state index in [1.807, 2.05) is 0 Å². The van der Waals surface area contributed by atoms with Gasteiger partial charge >= 0.3 is 17.8 Å². The first-order chi connectivity index (χ1) is 9.37. The summed E-state index contributed by atoms with van der Waals surface area (Å²) >= 11 is 0. The van der Waals surface area contributed by atoms with Gasteiger partial charge in [0.1, 0.15) is 23.1 Å². The van der Waals surface area contributed by atoms with Crippen LogP contribution in [0.1, 0.15) is 13.8 Å². The number of halogens is 9. The van der Waals surface area contributed by atoms with E-state index in [9.17, 15) is 47.9 Å². The van der Waals surface area contributed by atoms with Gasteiger partial charge in [-0.15, -0.1) is 0 Å². The smallest absolute Gasteiger partial charge is 0.335 e. The van der Waals surface area contributed by atoms with Crippen LogP contribution in [0, 0.1) is 0 Å². The lowest BCUT2D eigenvalue weighted by Crippen LogP contribution is -2.63. The van der Waals surface area contributed by atoms with Crippen molar-refractivity contribution in [3.8, 4) is 0 Å². The largest absolute Gasteiger partial charge is 0.377 e. The maximum atomic E-state index is 13.5. The third kappa shape index (κ3) is 4.40. The summed E-state index contributed by atoms with van der Waals surface area (Å²) < 4.78 is 140. The van der Waals surface area contributed by atoms with E-state index in [2.05, 4.69) is 4.74 Å². The Morgan fingerprint density at radius 1 is 0.818 bits per heavy atom. The number of rotatable bonds is 8. The number of hydrogen-bond acceptors (Lipinski definition) is 3. The van der Waals surface area contributed by atoms with Crippen molar-refractivity contribution in [2.24, 2.45) is 0 Å². The fourth-order valence-electron chi connectivity index (χ4n) is 1.12. The Morgan fingerprint density at radius 3 is 1.55 bits per heavy atom. The number of ether oxygens (including phenoxy) is 1. The summed E-state index contributed by atoms with van der Waals surface area (Å²) in [4.78, 5) is 0. The van der Waals surface area contributed by atoms with Gasteiger partial charge in [-0.25, -0.2) is 21.6 Å². The molecule has 0 aromatic carbocycles. The first-order valence-electron chi connectivity index (χ1n) is 5.33. The van der Waals surface area contributed by atoms with Gasteiger partial charge in [0, 0.05) is 13.8 Å². The van der Waals surface area contributed by atoms with Crippen LogP contribution in [-0.4, -0.2) is 50.3 Å². The summed E-state index contributed by atoms with van der Waals surface area (Å²) in [6, 6.07) is 0. The molecule has 0 bridgehead atoms. The molecule has 134 valence electrons. The van der Waals surface area contributed by atoms with Crippen LogP contribution in [-0.2, 0) is 15.4 Å². The van der Waals surface area contributed by atoms with Crippen LogP contribution in [0.5, 0.6) is 0 Å². The van der Waals surface area contributed by atoms with Crippen LogP contribution in [0.4, 0.5) is 39.5 Å². The van der Waals surface area contributed by atoms with Gasteiger partial charge in [0.2, 0.25) is 0 Å². The van der Waals surface area contributed by atoms with Crippen LogP contribution in [0.15, 0.2) is 0 Å². The quantitative estimate of drug-likeness (QED) is 0.528. The van der Waals surface area contributed by atoms with Gasteiger partial charge in [-0.05, 0) is 0 Å².